The van der Waals surface area contributed by atoms with E-state index in [2.05, 4.69) is 16.6 Å². The van der Waals surface area contributed by atoms with Crippen LogP contribution in [0.3, 0.4) is 0 Å². The Morgan fingerprint density at radius 3 is 2.55 bits per heavy atom. The first kappa shape index (κ1) is 16.8. The fourth-order valence-electron chi connectivity index (χ4n) is 1.60. The summed E-state index contributed by atoms with van der Waals surface area (Å²) < 4.78 is 28.1. The standard InChI is InChI=1S/C13H18ClN3O2S/c1-3-17(4-2)20(18,19)16-13-10-11(6-5-9-15)7-8-12(13)14/h7-8,10,16H,3-4,9,15H2,1-2H3. The Morgan fingerprint density at radius 1 is 1.35 bits per heavy atom. The Bertz CT molecular complexity index is 616. The summed E-state index contributed by atoms with van der Waals surface area (Å²) in [7, 11) is -3.61. The Hall–Kier alpha value is -1.26. The molecule has 0 saturated heterocycles. The van der Waals surface area contributed by atoms with Gasteiger partial charge >= 0.3 is 10.2 Å². The van der Waals surface area contributed by atoms with E-state index in [1.165, 1.54) is 4.31 Å². The van der Waals surface area contributed by atoms with Crippen molar-refractivity contribution in [2.45, 2.75) is 13.8 Å². The minimum absolute atomic E-state index is 0.239. The highest BCUT2D eigenvalue weighted by molar-refractivity contribution is 7.90. The van der Waals surface area contributed by atoms with Crippen LogP contribution in [0.1, 0.15) is 19.4 Å². The SMILES string of the molecule is CCN(CC)S(=O)(=O)Nc1cc(C#CCN)ccc1Cl. The fourth-order valence-corrected chi connectivity index (χ4v) is 3.08. The van der Waals surface area contributed by atoms with Gasteiger partial charge in [-0.15, -0.1) is 0 Å². The highest BCUT2D eigenvalue weighted by atomic mass is 35.5. The van der Waals surface area contributed by atoms with Gasteiger partial charge in [-0.3, -0.25) is 4.72 Å². The third-order valence-electron chi connectivity index (χ3n) is 2.59. The van der Waals surface area contributed by atoms with Crippen molar-refractivity contribution in [3.05, 3.63) is 28.8 Å². The Labute approximate surface area is 125 Å². The zero-order valence-electron chi connectivity index (χ0n) is 11.5. The van der Waals surface area contributed by atoms with Crippen LogP contribution in [0.2, 0.25) is 5.02 Å². The third kappa shape index (κ3) is 4.39. The Kier molecular flexibility index (Phi) is 6.30. The van der Waals surface area contributed by atoms with Gasteiger partial charge in [0.1, 0.15) is 0 Å². The quantitative estimate of drug-likeness (QED) is 0.811. The molecule has 0 aliphatic rings. The summed E-state index contributed by atoms with van der Waals surface area (Å²) in [6.45, 7) is 4.55. The topological polar surface area (TPSA) is 75.4 Å². The second-order valence-corrected chi connectivity index (χ2v) is 5.97. The lowest BCUT2D eigenvalue weighted by molar-refractivity contribution is 0.449. The highest BCUT2D eigenvalue weighted by Crippen LogP contribution is 2.24. The maximum absolute atomic E-state index is 12.1. The van der Waals surface area contributed by atoms with Gasteiger partial charge < -0.3 is 5.73 Å². The average molecular weight is 316 g/mol. The lowest BCUT2D eigenvalue weighted by Gasteiger charge is -2.20. The van der Waals surface area contributed by atoms with Gasteiger partial charge in [0.2, 0.25) is 0 Å². The summed E-state index contributed by atoms with van der Waals surface area (Å²) in [5.41, 5.74) is 6.26. The number of anilines is 1. The first-order chi connectivity index (χ1) is 9.44. The molecule has 0 unspecified atom stereocenters. The number of rotatable bonds is 5. The first-order valence-electron chi connectivity index (χ1n) is 6.21. The van der Waals surface area contributed by atoms with Crippen LogP contribution in [0.15, 0.2) is 18.2 Å². The van der Waals surface area contributed by atoms with Crippen molar-refractivity contribution in [2.24, 2.45) is 5.73 Å². The number of nitrogens with two attached hydrogens (primary N) is 1. The molecule has 7 heteroatoms. The molecule has 0 heterocycles. The molecule has 20 heavy (non-hydrogen) atoms. The zero-order chi connectivity index (χ0) is 15.2. The summed E-state index contributed by atoms with van der Waals surface area (Å²) in [5, 5.41) is 0.319. The summed E-state index contributed by atoms with van der Waals surface area (Å²) in [6.07, 6.45) is 0. The van der Waals surface area contributed by atoms with Gasteiger partial charge in [0.15, 0.2) is 0 Å². The smallest absolute Gasteiger partial charge is 0.301 e. The normalized spacial score (nSPS) is 11.1. The number of nitrogens with zero attached hydrogens (tertiary/aromatic N) is 1. The molecule has 0 bridgehead atoms. The molecule has 5 nitrogen and oxygen atoms in total. The summed E-state index contributed by atoms with van der Waals surface area (Å²) in [5.74, 6) is 5.54. The molecule has 0 atom stereocenters. The molecule has 0 aliphatic heterocycles. The molecule has 0 aromatic heterocycles. The lowest BCUT2D eigenvalue weighted by Crippen LogP contribution is -2.35. The number of hydrogen-bond acceptors (Lipinski definition) is 3. The van der Waals surface area contributed by atoms with E-state index >= 15 is 0 Å². The van der Waals surface area contributed by atoms with E-state index in [9.17, 15) is 8.42 Å². The molecule has 0 aliphatic carbocycles. The van der Waals surface area contributed by atoms with Crippen molar-refractivity contribution in [3.8, 4) is 11.8 Å². The van der Waals surface area contributed by atoms with Gasteiger partial charge in [0.25, 0.3) is 0 Å². The zero-order valence-corrected chi connectivity index (χ0v) is 13.1. The molecule has 0 fully saturated rings. The molecular weight excluding hydrogens is 298 g/mol. The Balaban J connectivity index is 3.08. The minimum Gasteiger partial charge on any atom is -0.320 e. The van der Waals surface area contributed by atoms with E-state index in [1.807, 2.05) is 0 Å². The van der Waals surface area contributed by atoms with Crippen LogP contribution in [0.5, 0.6) is 0 Å². The molecule has 0 amide bonds. The van der Waals surface area contributed by atoms with Crippen LogP contribution in [0, 0.1) is 11.8 Å². The molecule has 1 aromatic carbocycles. The van der Waals surface area contributed by atoms with Gasteiger partial charge in [-0.25, -0.2) is 0 Å². The summed E-state index contributed by atoms with van der Waals surface area (Å²) >= 11 is 6.01. The Morgan fingerprint density at radius 2 is 2.00 bits per heavy atom. The van der Waals surface area contributed by atoms with Crippen LogP contribution in [0.4, 0.5) is 5.69 Å². The molecule has 0 radical (unpaired) electrons. The molecule has 1 rings (SSSR count). The van der Waals surface area contributed by atoms with Crippen LogP contribution in [0.25, 0.3) is 0 Å². The predicted molar refractivity (Wildman–Crippen MR) is 82.8 cm³/mol. The second kappa shape index (κ2) is 7.50. The fraction of sp³-hybridized carbons (Fsp3) is 0.385. The molecular formula is C13H18ClN3O2S. The van der Waals surface area contributed by atoms with E-state index in [-0.39, 0.29) is 6.54 Å². The van der Waals surface area contributed by atoms with Crippen molar-refractivity contribution in [1.82, 2.24) is 4.31 Å². The van der Waals surface area contributed by atoms with Gasteiger partial charge in [-0.1, -0.05) is 37.3 Å². The van der Waals surface area contributed by atoms with Gasteiger partial charge in [-0.05, 0) is 18.2 Å². The molecule has 110 valence electrons. The lowest BCUT2D eigenvalue weighted by atomic mass is 10.2. The average Bonchev–Trinajstić information content (AvgIpc) is 2.40. The van der Waals surface area contributed by atoms with Crippen molar-refractivity contribution >= 4 is 27.5 Å². The van der Waals surface area contributed by atoms with Crippen molar-refractivity contribution < 1.29 is 8.42 Å². The maximum Gasteiger partial charge on any atom is 0.301 e. The van der Waals surface area contributed by atoms with Gasteiger partial charge in [0, 0.05) is 18.7 Å². The van der Waals surface area contributed by atoms with Crippen molar-refractivity contribution in [1.29, 1.82) is 0 Å². The molecule has 1 aromatic rings. The minimum atomic E-state index is -3.61. The van der Waals surface area contributed by atoms with Crippen LogP contribution in [-0.2, 0) is 10.2 Å². The van der Waals surface area contributed by atoms with E-state index in [0.717, 1.165) is 0 Å². The first-order valence-corrected chi connectivity index (χ1v) is 8.02. The summed E-state index contributed by atoms with van der Waals surface area (Å²) in [6, 6.07) is 4.90. The molecule has 0 spiro atoms. The predicted octanol–water partition coefficient (Wildman–Crippen LogP) is 1.65. The number of benzene rings is 1. The molecule has 3 N–H and O–H groups in total. The van der Waals surface area contributed by atoms with E-state index in [4.69, 9.17) is 17.3 Å². The van der Waals surface area contributed by atoms with Crippen molar-refractivity contribution in [3.63, 3.8) is 0 Å². The van der Waals surface area contributed by atoms with E-state index < -0.39 is 10.2 Å². The monoisotopic (exact) mass is 315 g/mol. The van der Waals surface area contributed by atoms with E-state index in [1.54, 1.807) is 32.0 Å². The molecule has 0 saturated carbocycles. The summed E-state index contributed by atoms with van der Waals surface area (Å²) in [4.78, 5) is 0. The van der Waals surface area contributed by atoms with Gasteiger partial charge in [0.05, 0.1) is 17.3 Å². The van der Waals surface area contributed by atoms with Crippen LogP contribution >= 0.6 is 11.6 Å². The van der Waals surface area contributed by atoms with Crippen LogP contribution in [-0.4, -0.2) is 32.4 Å². The number of halogens is 1. The van der Waals surface area contributed by atoms with Gasteiger partial charge in [-0.2, -0.15) is 12.7 Å². The van der Waals surface area contributed by atoms with E-state index in [0.29, 0.717) is 29.4 Å². The number of hydrogen-bond donors (Lipinski definition) is 2. The van der Waals surface area contributed by atoms with Crippen LogP contribution < -0.4 is 10.5 Å². The third-order valence-corrected chi connectivity index (χ3v) is 4.59. The second-order valence-electron chi connectivity index (χ2n) is 3.89. The highest BCUT2D eigenvalue weighted by Gasteiger charge is 2.19. The maximum atomic E-state index is 12.1. The largest absolute Gasteiger partial charge is 0.320 e. The van der Waals surface area contributed by atoms with Crippen molar-refractivity contribution in [2.75, 3.05) is 24.4 Å². The number of nitrogens with one attached hydrogen (secondary N) is 1.